The summed E-state index contributed by atoms with van der Waals surface area (Å²) in [5, 5.41) is 14.3. The summed E-state index contributed by atoms with van der Waals surface area (Å²) in [6.07, 6.45) is 4.08. The third-order valence-corrected chi connectivity index (χ3v) is 5.20. The smallest absolute Gasteiger partial charge is 0.231 e. The van der Waals surface area contributed by atoms with Crippen molar-refractivity contribution in [1.82, 2.24) is 14.7 Å². The summed E-state index contributed by atoms with van der Waals surface area (Å²) < 4.78 is 13.1. The average molecular weight is 343 g/mol. The molecular weight excluding hydrogens is 318 g/mol. The molecule has 0 amide bonds. The molecule has 6 heteroatoms. The van der Waals surface area contributed by atoms with E-state index in [1.165, 1.54) is 5.56 Å². The zero-order chi connectivity index (χ0) is 17.4. The molecule has 0 unspecified atom stereocenters. The number of benzene rings is 1. The average Bonchev–Trinajstić information content (AvgIpc) is 3.33. The van der Waals surface area contributed by atoms with Crippen molar-refractivity contribution in [2.24, 2.45) is 5.92 Å². The highest BCUT2D eigenvalue weighted by Crippen LogP contribution is 2.38. The molecule has 1 saturated heterocycles. The lowest BCUT2D eigenvalue weighted by Crippen LogP contribution is -2.21. The summed E-state index contributed by atoms with van der Waals surface area (Å²) in [5.41, 5.74) is 2.36. The summed E-state index contributed by atoms with van der Waals surface area (Å²) in [7, 11) is 0. The van der Waals surface area contributed by atoms with Crippen molar-refractivity contribution < 1.29 is 14.6 Å². The van der Waals surface area contributed by atoms with Gasteiger partial charge in [0.05, 0.1) is 6.20 Å². The Labute approximate surface area is 148 Å². The number of nitrogens with zero attached hydrogens (tertiary/aromatic N) is 3. The number of hydrogen-bond acceptors (Lipinski definition) is 5. The topological polar surface area (TPSA) is 59.8 Å². The van der Waals surface area contributed by atoms with Crippen LogP contribution in [-0.4, -0.2) is 46.3 Å². The molecule has 25 heavy (non-hydrogen) atoms. The predicted molar refractivity (Wildman–Crippen MR) is 93.8 cm³/mol. The molecular formula is C19H25N3O3. The molecule has 2 atom stereocenters. The largest absolute Gasteiger partial charge is 0.454 e. The molecule has 1 fully saturated rings. The summed E-state index contributed by atoms with van der Waals surface area (Å²) in [6, 6.07) is 6.39. The minimum Gasteiger partial charge on any atom is -0.454 e. The summed E-state index contributed by atoms with van der Waals surface area (Å²) in [6.45, 7) is 7.33. The highest BCUT2D eigenvalue weighted by Gasteiger charge is 2.35. The van der Waals surface area contributed by atoms with E-state index in [1.807, 2.05) is 23.0 Å². The first-order chi connectivity index (χ1) is 12.2. The lowest BCUT2D eigenvalue weighted by atomic mass is 9.92. The van der Waals surface area contributed by atoms with Gasteiger partial charge >= 0.3 is 0 Å². The van der Waals surface area contributed by atoms with E-state index in [4.69, 9.17) is 9.47 Å². The Morgan fingerprint density at radius 1 is 1.28 bits per heavy atom. The van der Waals surface area contributed by atoms with E-state index in [0.717, 1.165) is 36.7 Å². The van der Waals surface area contributed by atoms with Crippen molar-refractivity contribution >= 4 is 0 Å². The Hall–Kier alpha value is -2.05. The highest BCUT2D eigenvalue weighted by atomic mass is 16.7. The number of fused-ring (bicyclic) bond motifs is 1. The monoisotopic (exact) mass is 343 g/mol. The fourth-order valence-electron chi connectivity index (χ4n) is 3.83. The van der Waals surface area contributed by atoms with Crippen LogP contribution >= 0.6 is 0 Å². The van der Waals surface area contributed by atoms with E-state index >= 15 is 0 Å². The van der Waals surface area contributed by atoms with Crippen molar-refractivity contribution in [2.75, 3.05) is 26.5 Å². The Balaban J connectivity index is 1.50. The normalized spacial score (nSPS) is 22.9. The molecule has 0 saturated carbocycles. The molecule has 2 aromatic rings. The maximum Gasteiger partial charge on any atom is 0.231 e. The summed E-state index contributed by atoms with van der Waals surface area (Å²) >= 11 is 0. The quantitative estimate of drug-likeness (QED) is 0.903. The molecule has 0 aliphatic carbocycles. The van der Waals surface area contributed by atoms with E-state index < -0.39 is 0 Å². The van der Waals surface area contributed by atoms with Crippen LogP contribution in [-0.2, 0) is 6.54 Å². The lowest BCUT2D eigenvalue weighted by molar-refractivity contribution is 0.172. The molecule has 2 aliphatic heterocycles. The van der Waals surface area contributed by atoms with Crippen LogP contribution < -0.4 is 9.47 Å². The Morgan fingerprint density at radius 2 is 2.16 bits per heavy atom. The molecule has 6 nitrogen and oxygen atoms in total. The van der Waals surface area contributed by atoms with Gasteiger partial charge in [-0.1, -0.05) is 12.1 Å². The van der Waals surface area contributed by atoms with E-state index in [0.29, 0.717) is 18.8 Å². The second-order valence-corrected chi connectivity index (χ2v) is 7.24. The minimum atomic E-state index is 0.195. The fraction of sp³-hybridized carbons (Fsp3) is 0.526. The van der Waals surface area contributed by atoms with Crippen LogP contribution in [0, 0.1) is 5.92 Å². The zero-order valence-electron chi connectivity index (χ0n) is 14.8. The van der Waals surface area contributed by atoms with Gasteiger partial charge in [-0.15, -0.1) is 0 Å². The molecule has 1 aromatic heterocycles. The van der Waals surface area contributed by atoms with Crippen LogP contribution in [0.1, 0.15) is 36.9 Å². The number of para-hydroxylation sites is 1. The number of likely N-dealkylation sites (tertiary alicyclic amines) is 1. The third-order valence-electron chi connectivity index (χ3n) is 5.20. The van der Waals surface area contributed by atoms with Gasteiger partial charge in [-0.05, 0) is 25.5 Å². The first-order valence-corrected chi connectivity index (χ1v) is 8.90. The van der Waals surface area contributed by atoms with E-state index in [9.17, 15) is 5.11 Å². The van der Waals surface area contributed by atoms with Crippen molar-refractivity contribution in [2.45, 2.75) is 32.4 Å². The number of rotatable bonds is 5. The second-order valence-electron chi connectivity index (χ2n) is 7.24. The number of hydrogen-bond donors (Lipinski definition) is 1. The van der Waals surface area contributed by atoms with Gasteiger partial charge in [0.15, 0.2) is 11.5 Å². The molecule has 134 valence electrons. The van der Waals surface area contributed by atoms with Gasteiger partial charge in [-0.25, -0.2) is 0 Å². The number of ether oxygens (including phenoxy) is 2. The van der Waals surface area contributed by atoms with Crippen LogP contribution in [0.25, 0.3) is 0 Å². The van der Waals surface area contributed by atoms with Gasteiger partial charge in [0.1, 0.15) is 0 Å². The number of aliphatic hydroxyl groups excluding tert-OH is 1. The second kappa shape index (κ2) is 6.69. The Kier molecular flexibility index (Phi) is 4.39. The summed E-state index contributed by atoms with van der Waals surface area (Å²) in [4.78, 5) is 2.38. The van der Waals surface area contributed by atoms with E-state index in [1.54, 1.807) is 0 Å². The van der Waals surface area contributed by atoms with Gasteiger partial charge in [0.25, 0.3) is 0 Å². The number of aromatic nitrogens is 2. The first kappa shape index (κ1) is 16.4. The first-order valence-electron chi connectivity index (χ1n) is 8.90. The molecule has 3 heterocycles. The van der Waals surface area contributed by atoms with Gasteiger partial charge in [-0.3, -0.25) is 9.58 Å². The minimum absolute atomic E-state index is 0.195. The Morgan fingerprint density at radius 3 is 2.92 bits per heavy atom. The molecule has 0 spiro atoms. The van der Waals surface area contributed by atoms with Crippen molar-refractivity contribution in [3.8, 4) is 11.5 Å². The van der Waals surface area contributed by atoms with Crippen molar-refractivity contribution in [3.63, 3.8) is 0 Å². The standard InChI is InChI=1S/C19H25N3O3/c1-13(2)22-9-15(6-20-22)17-10-21(8-16(17)11-23)7-14-4-3-5-18-19(14)25-12-24-18/h3-6,9,13,16-17,23H,7-8,10-12H2,1-2H3/t16-,17-/m0/s1. The van der Waals surface area contributed by atoms with Crippen LogP contribution in [0.4, 0.5) is 0 Å². The van der Waals surface area contributed by atoms with Crippen LogP contribution in [0.3, 0.4) is 0 Å². The maximum atomic E-state index is 9.85. The van der Waals surface area contributed by atoms with Crippen LogP contribution in [0.15, 0.2) is 30.6 Å². The third kappa shape index (κ3) is 3.12. The molecule has 1 N–H and O–H groups in total. The van der Waals surface area contributed by atoms with E-state index in [-0.39, 0.29) is 12.5 Å². The van der Waals surface area contributed by atoms with Gasteiger partial charge < -0.3 is 14.6 Å². The van der Waals surface area contributed by atoms with E-state index in [2.05, 4.69) is 36.1 Å². The van der Waals surface area contributed by atoms with Gasteiger partial charge in [0.2, 0.25) is 6.79 Å². The fourth-order valence-corrected chi connectivity index (χ4v) is 3.83. The molecule has 1 aromatic carbocycles. The lowest BCUT2D eigenvalue weighted by Gasteiger charge is -2.16. The van der Waals surface area contributed by atoms with Crippen molar-refractivity contribution in [1.29, 1.82) is 0 Å². The highest BCUT2D eigenvalue weighted by molar-refractivity contribution is 5.48. The van der Waals surface area contributed by atoms with Gasteiger partial charge in [-0.2, -0.15) is 5.10 Å². The Bertz CT molecular complexity index is 743. The summed E-state index contributed by atoms with van der Waals surface area (Å²) in [5.74, 6) is 2.23. The van der Waals surface area contributed by atoms with Gasteiger partial charge in [0, 0.05) is 55.9 Å². The number of aliphatic hydroxyl groups is 1. The molecule has 0 bridgehead atoms. The SMILES string of the molecule is CC(C)n1cc([C@@H]2CN(Cc3cccc4c3OCO4)C[C@H]2CO)cn1. The van der Waals surface area contributed by atoms with Crippen LogP contribution in [0.2, 0.25) is 0 Å². The molecule has 0 radical (unpaired) electrons. The van der Waals surface area contributed by atoms with Crippen LogP contribution in [0.5, 0.6) is 11.5 Å². The molecule has 4 rings (SSSR count). The predicted octanol–water partition coefficient (Wildman–Crippen LogP) is 2.40. The maximum absolute atomic E-state index is 9.85. The molecule has 2 aliphatic rings. The zero-order valence-corrected chi connectivity index (χ0v) is 14.8. The van der Waals surface area contributed by atoms with Crippen molar-refractivity contribution in [3.05, 3.63) is 41.7 Å².